The molecule has 1 aliphatic heterocycles. The number of ether oxygens (including phenoxy) is 1. The summed E-state index contributed by atoms with van der Waals surface area (Å²) >= 11 is 0. The summed E-state index contributed by atoms with van der Waals surface area (Å²) in [6.45, 7) is 12.6. The van der Waals surface area contributed by atoms with Crippen molar-refractivity contribution >= 4 is 5.97 Å². The average Bonchev–Trinajstić information content (AvgIpc) is 2.66. The number of nitrogens with zero attached hydrogens (tertiary/aromatic N) is 2. The van der Waals surface area contributed by atoms with Gasteiger partial charge in [-0.15, -0.1) is 0 Å². The van der Waals surface area contributed by atoms with Crippen molar-refractivity contribution in [1.29, 1.82) is 0 Å². The fourth-order valence-corrected chi connectivity index (χ4v) is 4.35. The van der Waals surface area contributed by atoms with Crippen molar-refractivity contribution in [3.63, 3.8) is 0 Å². The summed E-state index contributed by atoms with van der Waals surface area (Å²) in [6.07, 6.45) is 4.52. The standard InChI is InChI=1S/C25H34N2O3/c1-17-12-20(15-27-11-7-6-8-22(27)24(28)29)23(14-21(17)25(3,4)5)30-16-19-9-10-26-18(2)13-19/h9-10,12-14,22H,6-8,11,15-16H2,1-5H3,(H,28,29)/t22-/m0/s1. The topological polar surface area (TPSA) is 62.7 Å². The van der Waals surface area contributed by atoms with E-state index in [4.69, 9.17) is 4.74 Å². The Morgan fingerprint density at radius 2 is 2.00 bits per heavy atom. The van der Waals surface area contributed by atoms with Crippen LogP contribution in [0.3, 0.4) is 0 Å². The number of likely N-dealkylation sites (tertiary alicyclic amines) is 1. The van der Waals surface area contributed by atoms with Gasteiger partial charge in [0.1, 0.15) is 18.4 Å². The first kappa shape index (κ1) is 22.3. The fraction of sp³-hybridized carbons (Fsp3) is 0.520. The molecule has 5 nitrogen and oxygen atoms in total. The van der Waals surface area contributed by atoms with Crippen molar-refractivity contribution < 1.29 is 14.6 Å². The smallest absolute Gasteiger partial charge is 0.320 e. The summed E-state index contributed by atoms with van der Waals surface area (Å²) in [6, 6.07) is 7.91. The van der Waals surface area contributed by atoms with Crippen LogP contribution in [-0.2, 0) is 23.4 Å². The number of hydrogen-bond donors (Lipinski definition) is 1. The highest BCUT2D eigenvalue weighted by Crippen LogP contribution is 2.34. The number of aromatic nitrogens is 1. The van der Waals surface area contributed by atoms with Crippen molar-refractivity contribution in [2.24, 2.45) is 0 Å². The maximum Gasteiger partial charge on any atom is 0.320 e. The minimum atomic E-state index is -0.729. The van der Waals surface area contributed by atoms with Gasteiger partial charge in [-0.3, -0.25) is 14.7 Å². The Hall–Kier alpha value is -2.40. The van der Waals surface area contributed by atoms with Gasteiger partial charge in [0.2, 0.25) is 0 Å². The summed E-state index contributed by atoms with van der Waals surface area (Å²) < 4.78 is 6.30. The molecule has 0 aliphatic carbocycles. The van der Waals surface area contributed by atoms with Gasteiger partial charge < -0.3 is 9.84 Å². The van der Waals surface area contributed by atoms with Gasteiger partial charge in [-0.05, 0) is 73.5 Å². The minimum absolute atomic E-state index is 0.00268. The highest BCUT2D eigenvalue weighted by Gasteiger charge is 2.29. The molecule has 2 heterocycles. The number of rotatable bonds is 6. The molecule has 0 unspecified atom stereocenters. The number of carboxylic acid groups (broad SMARTS) is 1. The van der Waals surface area contributed by atoms with Crippen LogP contribution in [0.1, 0.15) is 68.0 Å². The molecule has 0 saturated carbocycles. The van der Waals surface area contributed by atoms with E-state index in [2.05, 4.69) is 49.7 Å². The fourth-order valence-electron chi connectivity index (χ4n) is 4.35. The number of aryl methyl sites for hydroxylation is 2. The lowest BCUT2D eigenvalue weighted by Crippen LogP contribution is -2.44. The summed E-state index contributed by atoms with van der Waals surface area (Å²) in [5.41, 5.74) is 5.57. The lowest BCUT2D eigenvalue weighted by Gasteiger charge is -2.33. The predicted molar refractivity (Wildman–Crippen MR) is 119 cm³/mol. The summed E-state index contributed by atoms with van der Waals surface area (Å²) in [5.74, 6) is 0.113. The third-order valence-corrected chi connectivity index (χ3v) is 5.84. The summed E-state index contributed by atoms with van der Waals surface area (Å²) in [7, 11) is 0. The van der Waals surface area contributed by atoms with Crippen LogP contribution in [0, 0.1) is 13.8 Å². The van der Waals surface area contributed by atoms with Gasteiger partial charge in [0.25, 0.3) is 0 Å². The molecule has 1 aromatic carbocycles. The SMILES string of the molecule is Cc1cc(COc2cc(C(C)(C)C)c(C)cc2CN2CCCC[C@H]2C(=O)O)ccn1. The van der Waals surface area contributed by atoms with Crippen molar-refractivity contribution in [3.05, 3.63) is 58.4 Å². The molecular formula is C25H34N2O3. The molecule has 162 valence electrons. The Kier molecular flexibility index (Phi) is 6.81. The van der Waals surface area contributed by atoms with E-state index in [9.17, 15) is 9.90 Å². The Morgan fingerprint density at radius 3 is 2.67 bits per heavy atom. The minimum Gasteiger partial charge on any atom is -0.489 e. The molecule has 0 radical (unpaired) electrons. The Labute approximate surface area is 180 Å². The second-order valence-corrected chi connectivity index (χ2v) is 9.44. The average molecular weight is 411 g/mol. The molecule has 1 aliphatic rings. The van der Waals surface area contributed by atoms with Crippen LogP contribution in [-0.4, -0.2) is 33.5 Å². The van der Waals surface area contributed by atoms with Gasteiger partial charge in [0, 0.05) is 24.0 Å². The molecule has 5 heteroatoms. The Balaban J connectivity index is 1.91. The number of aliphatic carboxylic acids is 1. The van der Waals surface area contributed by atoms with E-state index in [1.807, 2.05) is 19.1 Å². The van der Waals surface area contributed by atoms with Crippen LogP contribution in [0.25, 0.3) is 0 Å². The van der Waals surface area contributed by atoms with E-state index in [-0.39, 0.29) is 5.41 Å². The van der Waals surface area contributed by atoms with Crippen LogP contribution in [0.4, 0.5) is 0 Å². The number of carbonyl (C=O) groups is 1. The first-order valence-corrected chi connectivity index (χ1v) is 10.8. The molecule has 0 amide bonds. The second kappa shape index (κ2) is 9.17. The molecule has 1 fully saturated rings. The molecule has 0 bridgehead atoms. The predicted octanol–water partition coefficient (Wildman–Crippen LogP) is 5.01. The van der Waals surface area contributed by atoms with Crippen molar-refractivity contribution in [2.45, 2.75) is 78.5 Å². The number of pyridine rings is 1. The van der Waals surface area contributed by atoms with E-state index >= 15 is 0 Å². The van der Waals surface area contributed by atoms with Crippen molar-refractivity contribution in [2.75, 3.05) is 6.54 Å². The lowest BCUT2D eigenvalue weighted by atomic mass is 9.83. The highest BCUT2D eigenvalue weighted by molar-refractivity contribution is 5.73. The van der Waals surface area contributed by atoms with Gasteiger partial charge in [0.15, 0.2) is 0 Å². The number of benzene rings is 1. The zero-order valence-electron chi connectivity index (χ0n) is 18.9. The molecular weight excluding hydrogens is 376 g/mol. The van der Waals surface area contributed by atoms with Crippen LogP contribution in [0.5, 0.6) is 5.75 Å². The van der Waals surface area contributed by atoms with E-state index in [1.165, 1.54) is 11.1 Å². The largest absolute Gasteiger partial charge is 0.489 e. The maximum absolute atomic E-state index is 11.8. The first-order chi connectivity index (χ1) is 14.1. The van der Waals surface area contributed by atoms with Gasteiger partial charge >= 0.3 is 5.97 Å². The van der Waals surface area contributed by atoms with Gasteiger partial charge in [-0.1, -0.05) is 33.3 Å². The molecule has 1 atom stereocenters. The molecule has 2 aromatic rings. The summed E-state index contributed by atoms with van der Waals surface area (Å²) in [4.78, 5) is 18.1. The van der Waals surface area contributed by atoms with E-state index in [0.29, 0.717) is 19.6 Å². The van der Waals surface area contributed by atoms with E-state index < -0.39 is 12.0 Å². The zero-order chi connectivity index (χ0) is 21.9. The molecule has 3 rings (SSSR count). The number of piperidine rings is 1. The van der Waals surface area contributed by atoms with Crippen molar-refractivity contribution in [3.8, 4) is 5.75 Å². The normalized spacial score (nSPS) is 17.7. The third kappa shape index (κ3) is 5.39. The number of hydrogen-bond acceptors (Lipinski definition) is 4. The monoisotopic (exact) mass is 410 g/mol. The van der Waals surface area contributed by atoms with Crippen LogP contribution in [0.2, 0.25) is 0 Å². The summed E-state index contributed by atoms with van der Waals surface area (Å²) in [5, 5.41) is 9.66. The second-order valence-electron chi connectivity index (χ2n) is 9.44. The molecule has 1 N–H and O–H groups in total. The zero-order valence-corrected chi connectivity index (χ0v) is 18.9. The molecule has 1 aromatic heterocycles. The molecule has 1 saturated heterocycles. The van der Waals surface area contributed by atoms with Crippen LogP contribution in [0.15, 0.2) is 30.5 Å². The maximum atomic E-state index is 11.8. The van der Waals surface area contributed by atoms with E-state index in [0.717, 1.165) is 42.0 Å². The van der Waals surface area contributed by atoms with Crippen molar-refractivity contribution in [1.82, 2.24) is 9.88 Å². The highest BCUT2D eigenvalue weighted by atomic mass is 16.5. The quantitative estimate of drug-likeness (QED) is 0.725. The third-order valence-electron chi connectivity index (χ3n) is 5.84. The van der Waals surface area contributed by atoms with E-state index in [1.54, 1.807) is 6.20 Å². The molecule has 30 heavy (non-hydrogen) atoms. The van der Waals surface area contributed by atoms with Gasteiger partial charge in [-0.25, -0.2) is 0 Å². The lowest BCUT2D eigenvalue weighted by molar-refractivity contribution is -0.144. The number of carboxylic acids is 1. The Morgan fingerprint density at radius 1 is 1.23 bits per heavy atom. The first-order valence-electron chi connectivity index (χ1n) is 10.8. The Bertz CT molecular complexity index is 902. The molecule has 0 spiro atoms. The van der Waals surface area contributed by atoms with Gasteiger partial charge in [-0.2, -0.15) is 0 Å². The van der Waals surface area contributed by atoms with Gasteiger partial charge in [0.05, 0.1) is 0 Å². The van der Waals surface area contributed by atoms with Crippen LogP contribution >= 0.6 is 0 Å². The van der Waals surface area contributed by atoms with Crippen LogP contribution < -0.4 is 4.74 Å².